The Balaban J connectivity index is 2.00. The molecule has 1 aromatic carbocycles. The van der Waals surface area contributed by atoms with Crippen molar-refractivity contribution in [3.8, 4) is 0 Å². The van der Waals surface area contributed by atoms with E-state index in [9.17, 15) is 4.79 Å². The molecule has 0 saturated heterocycles. The Morgan fingerprint density at radius 1 is 1.44 bits per heavy atom. The summed E-state index contributed by atoms with van der Waals surface area (Å²) in [5, 5.41) is 6.31. The summed E-state index contributed by atoms with van der Waals surface area (Å²) >= 11 is 0. The maximum absolute atomic E-state index is 11.5. The number of carbonyl (C=O) groups is 1. The SMILES string of the molecule is CN(C)C(=O)N[C@@H]1CNc2ccccc2C1. The molecule has 0 bridgehead atoms. The van der Waals surface area contributed by atoms with Crippen LogP contribution in [0.4, 0.5) is 10.5 Å². The van der Waals surface area contributed by atoms with Crippen LogP contribution in [0.15, 0.2) is 24.3 Å². The molecule has 4 heteroatoms. The summed E-state index contributed by atoms with van der Waals surface area (Å²) < 4.78 is 0. The largest absolute Gasteiger partial charge is 0.383 e. The van der Waals surface area contributed by atoms with Crippen LogP contribution in [0, 0.1) is 0 Å². The number of amides is 2. The third kappa shape index (κ3) is 2.27. The van der Waals surface area contributed by atoms with Gasteiger partial charge in [-0.1, -0.05) is 18.2 Å². The monoisotopic (exact) mass is 219 g/mol. The second kappa shape index (κ2) is 4.43. The number of nitrogens with one attached hydrogen (secondary N) is 2. The van der Waals surface area contributed by atoms with Crippen LogP contribution < -0.4 is 10.6 Å². The average Bonchev–Trinajstić information content (AvgIpc) is 2.28. The molecule has 1 aromatic rings. The van der Waals surface area contributed by atoms with Gasteiger partial charge in [0.2, 0.25) is 0 Å². The van der Waals surface area contributed by atoms with Gasteiger partial charge in [0.05, 0.1) is 6.04 Å². The minimum Gasteiger partial charge on any atom is -0.383 e. The summed E-state index contributed by atoms with van der Waals surface area (Å²) in [5.74, 6) is 0. The summed E-state index contributed by atoms with van der Waals surface area (Å²) in [6.07, 6.45) is 0.892. The molecule has 0 aliphatic carbocycles. The van der Waals surface area contributed by atoms with E-state index in [0.717, 1.165) is 13.0 Å². The van der Waals surface area contributed by atoms with Crippen LogP contribution in [-0.4, -0.2) is 37.6 Å². The van der Waals surface area contributed by atoms with E-state index in [-0.39, 0.29) is 12.1 Å². The molecule has 0 saturated carbocycles. The molecule has 1 aliphatic heterocycles. The summed E-state index contributed by atoms with van der Waals surface area (Å²) in [6.45, 7) is 0.788. The zero-order valence-corrected chi connectivity index (χ0v) is 9.66. The highest BCUT2D eigenvalue weighted by Crippen LogP contribution is 2.20. The number of anilines is 1. The molecule has 0 spiro atoms. The van der Waals surface area contributed by atoms with Crippen molar-refractivity contribution < 1.29 is 4.79 Å². The molecule has 1 atom stereocenters. The highest BCUT2D eigenvalue weighted by Gasteiger charge is 2.19. The zero-order chi connectivity index (χ0) is 11.5. The number of rotatable bonds is 1. The number of fused-ring (bicyclic) bond motifs is 1. The Labute approximate surface area is 95.6 Å². The smallest absolute Gasteiger partial charge is 0.317 e. The number of benzene rings is 1. The van der Waals surface area contributed by atoms with Crippen LogP contribution in [0.2, 0.25) is 0 Å². The van der Waals surface area contributed by atoms with Crippen LogP contribution in [0.25, 0.3) is 0 Å². The fourth-order valence-electron chi connectivity index (χ4n) is 1.85. The van der Waals surface area contributed by atoms with E-state index in [1.165, 1.54) is 11.3 Å². The van der Waals surface area contributed by atoms with E-state index < -0.39 is 0 Å². The topological polar surface area (TPSA) is 44.4 Å². The van der Waals surface area contributed by atoms with Gasteiger partial charge in [-0.3, -0.25) is 0 Å². The van der Waals surface area contributed by atoms with Crippen molar-refractivity contribution in [3.63, 3.8) is 0 Å². The van der Waals surface area contributed by atoms with Crippen molar-refractivity contribution in [3.05, 3.63) is 29.8 Å². The number of para-hydroxylation sites is 1. The van der Waals surface area contributed by atoms with Crippen LogP contribution in [-0.2, 0) is 6.42 Å². The predicted octanol–water partition coefficient (Wildman–Crippen LogP) is 1.29. The molecule has 0 fully saturated rings. The Hall–Kier alpha value is -1.71. The molecule has 16 heavy (non-hydrogen) atoms. The lowest BCUT2D eigenvalue weighted by molar-refractivity contribution is 0.213. The first-order valence-corrected chi connectivity index (χ1v) is 5.46. The van der Waals surface area contributed by atoms with Crippen molar-refractivity contribution >= 4 is 11.7 Å². The average molecular weight is 219 g/mol. The van der Waals surface area contributed by atoms with Crippen molar-refractivity contribution in [1.82, 2.24) is 10.2 Å². The van der Waals surface area contributed by atoms with Crippen LogP contribution in [0.3, 0.4) is 0 Å². The molecule has 1 heterocycles. The number of nitrogens with zero attached hydrogens (tertiary/aromatic N) is 1. The molecule has 0 radical (unpaired) electrons. The minimum absolute atomic E-state index is 0.0359. The van der Waals surface area contributed by atoms with E-state index in [2.05, 4.69) is 22.8 Å². The first kappa shape index (κ1) is 10.8. The van der Waals surface area contributed by atoms with Gasteiger partial charge in [0, 0.05) is 26.3 Å². The summed E-state index contributed by atoms with van der Waals surface area (Å²) in [4.78, 5) is 13.1. The Bertz CT molecular complexity index is 390. The Morgan fingerprint density at radius 2 is 2.19 bits per heavy atom. The lowest BCUT2D eigenvalue weighted by atomic mass is 10.00. The summed E-state index contributed by atoms with van der Waals surface area (Å²) in [7, 11) is 3.50. The van der Waals surface area contributed by atoms with Crippen LogP contribution >= 0.6 is 0 Å². The van der Waals surface area contributed by atoms with Gasteiger partial charge in [0.25, 0.3) is 0 Å². The first-order valence-electron chi connectivity index (χ1n) is 5.46. The number of hydrogen-bond acceptors (Lipinski definition) is 2. The minimum atomic E-state index is -0.0359. The van der Waals surface area contributed by atoms with E-state index >= 15 is 0 Å². The first-order chi connectivity index (χ1) is 7.66. The van der Waals surface area contributed by atoms with Gasteiger partial charge >= 0.3 is 6.03 Å². The van der Waals surface area contributed by atoms with Crippen molar-refractivity contribution in [2.45, 2.75) is 12.5 Å². The van der Waals surface area contributed by atoms with Gasteiger partial charge in [-0.15, -0.1) is 0 Å². The maximum Gasteiger partial charge on any atom is 0.317 e. The quantitative estimate of drug-likeness (QED) is 0.747. The fourth-order valence-corrected chi connectivity index (χ4v) is 1.85. The van der Waals surface area contributed by atoms with Crippen LogP contribution in [0.5, 0.6) is 0 Å². The summed E-state index contributed by atoms with van der Waals surface area (Å²) in [5.41, 5.74) is 2.44. The number of carbonyl (C=O) groups excluding carboxylic acids is 1. The molecule has 0 aromatic heterocycles. The molecule has 2 amide bonds. The van der Waals surface area contributed by atoms with E-state index in [1.54, 1.807) is 19.0 Å². The predicted molar refractivity (Wildman–Crippen MR) is 64.6 cm³/mol. The van der Waals surface area contributed by atoms with Crippen molar-refractivity contribution in [1.29, 1.82) is 0 Å². The Morgan fingerprint density at radius 3 is 2.94 bits per heavy atom. The van der Waals surface area contributed by atoms with Gasteiger partial charge in [0.1, 0.15) is 0 Å². The second-order valence-corrected chi connectivity index (χ2v) is 4.28. The molecule has 0 unspecified atom stereocenters. The van der Waals surface area contributed by atoms with Gasteiger partial charge in [0.15, 0.2) is 0 Å². The molecular weight excluding hydrogens is 202 g/mol. The third-order valence-electron chi connectivity index (χ3n) is 2.76. The highest BCUT2D eigenvalue weighted by atomic mass is 16.2. The number of hydrogen-bond donors (Lipinski definition) is 2. The van der Waals surface area contributed by atoms with E-state index in [1.807, 2.05) is 12.1 Å². The normalized spacial score (nSPS) is 18.2. The maximum atomic E-state index is 11.5. The molecule has 2 N–H and O–H groups in total. The highest BCUT2D eigenvalue weighted by molar-refractivity contribution is 5.74. The Kier molecular flexibility index (Phi) is 2.99. The standard InChI is InChI=1S/C12H17N3O/c1-15(2)12(16)14-10-7-9-5-3-4-6-11(9)13-8-10/h3-6,10,13H,7-8H2,1-2H3,(H,14,16)/t10-/m0/s1. The molecular formula is C12H17N3O. The second-order valence-electron chi connectivity index (χ2n) is 4.28. The van der Waals surface area contributed by atoms with Crippen molar-refractivity contribution in [2.24, 2.45) is 0 Å². The van der Waals surface area contributed by atoms with Gasteiger partial charge in [-0.25, -0.2) is 4.79 Å². The number of urea groups is 1. The summed E-state index contributed by atoms with van der Waals surface area (Å²) in [6, 6.07) is 8.34. The van der Waals surface area contributed by atoms with Gasteiger partial charge in [-0.05, 0) is 18.1 Å². The third-order valence-corrected chi connectivity index (χ3v) is 2.76. The van der Waals surface area contributed by atoms with Gasteiger partial charge in [-0.2, -0.15) is 0 Å². The van der Waals surface area contributed by atoms with Gasteiger partial charge < -0.3 is 15.5 Å². The molecule has 2 rings (SSSR count). The lowest BCUT2D eigenvalue weighted by Crippen LogP contribution is -2.47. The molecule has 86 valence electrons. The van der Waals surface area contributed by atoms with Crippen LogP contribution in [0.1, 0.15) is 5.56 Å². The van der Waals surface area contributed by atoms with E-state index in [4.69, 9.17) is 0 Å². The lowest BCUT2D eigenvalue weighted by Gasteiger charge is -2.27. The fraction of sp³-hybridized carbons (Fsp3) is 0.417. The molecule has 4 nitrogen and oxygen atoms in total. The zero-order valence-electron chi connectivity index (χ0n) is 9.66. The van der Waals surface area contributed by atoms with Crippen molar-refractivity contribution in [2.75, 3.05) is 26.0 Å². The molecule has 1 aliphatic rings. The van der Waals surface area contributed by atoms with E-state index in [0.29, 0.717) is 0 Å².